The van der Waals surface area contributed by atoms with Gasteiger partial charge >= 0.3 is 0 Å². The maximum absolute atomic E-state index is 10.9. The topological polar surface area (TPSA) is 88.8 Å². The molecule has 1 unspecified atom stereocenters. The number of para-hydroxylation sites is 1. The summed E-state index contributed by atoms with van der Waals surface area (Å²) in [5, 5.41) is 17.3. The second-order valence-electron chi connectivity index (χ2n) is 6.05. The molecule has 0 saturated carbocycles. The third-order valence-corrected chi connectivity index (χ3v) is 4.10. The van der Waals surface area contributed by atoms with Crippen LogP contribution in [0.3, 0.4) is 0 Å². The number of ether oxygens (including phenoxy) is 1. The quantitative estimate of drug-likeness (QED) is 0.217. The molecule has 0 radical (unpaired) electrons. The average molecular weight is 482 g/mol. The monoisotopic (exact) mass is 482 g/mol. The SMILES string of the molecule is CCNC(=NCc1cccc([N+](=O)[O-])c1)NCC1Cc2ccccc2O1.I. The molecule has 0 bridgehead atoms. The van der Waals surface area contributed by atoms with E-state index in [0.717, 1.165) is 24.3 Å². The highest BCUT2D eigenvalue weighted by molar-refractivity contribution is 14.0. The zero-order chi connectivity index (χ0) is 18.4. The van der Waals surface area contributed by atoms with Crippen molar-refractivity contribution < 1.29 is 9.66 Å². The molecule has 0 aliphatic carbocycles. The zero-order valence-corrected chi connectivity index (χ0v) is 17.4. The Balaban J connectivity index is 0.00000261. The van der Waals surface area contributed by atoms with Crippen LogP contribution in [0.4, 0.5) is 5.69 Å². The minimum Gasteiger partial charge on any atom is -0.488 e. The van der Waals surface area contributed by atoms with Crippen LogP contribution < -0.4 is 15.4 Å². The third kappa shape index (κ3) is 5.81. The molecule has 1 atom stereocenters. The van der Waals surface area contributed by atoms with Gasteiger partial charge in [0, 0.05) is 25.1 Å². The summed E-state index contributed by atoms with van der Waals surface area (Å²) >= 11 is 0. The number of nitrogens with one attached hydrogen (secondary N) is 2. The van der Waals surface area contributed by atoms with Crippen LogP contribution in [0.1, 0.15) is 18.1 Å². The Morgan fingerprint density at radius 2 is 2.07 bits per heavy atom. The van der Waals surface area contributed by atoms with Crippen molar-refractivity contribution in [2.75, 3.05) is 13.1 Å². The first-order chi connectivity index (χ1) is 12.7. The number of hydrogen-bond donors (Lipinski definition) is 2. The molecule has 0 saturated heterocycles. The fourth-order valence-electron chi connectivity index (χ4n) is 2.86. The van der Waals surface area contributed by atoms with Crippen LogP contribution in [0.25, 0.3) is 0 Å². The van der Waals surface area contributed by atoms with Gasteiger partial charge in [0.1, 0.15) is 11.9 Å². The van der Waals surface area contributed by atoms with Gasteiger partial charge in [0.25, 0.3) is 5.69 Å². The van der Waals surface area contributed by atoms with Crippen molar-refractivity contribution in [1.82, 2.24) is 10.6 Å². The van der Waals surface area contributed by atoms with E-state index in [9.17, 15) is 10.1 Å². The maximum atomic E-state index is 10.9. The largest absolute Gasteiger partial charge is 0.488 e. The molecule has 1 heterocycles. The highest BCUT2D eigenvalue weighted by atomic mass is 127. The summed E-state index contributed by atoms with van der Waals surface area (Å²) in [6, 6.07) is 14.6. The highest BCUT2D eigenvalue weighted by Crippen LogP contribution is 2.27. The molecule has 3 rings (SSSR count). The number of benzene rings is 2. The number of non-ortho nitro benzene ring substituents is 1. The fraction of sp³-hybridized carbons (Fsp3) is 0.316. The normalized spacial score (nSPS) is 15.3. The molecule has 0 spiro atoms. The first kappa shape index (κ1) is 20.9. The molecule has 0 aromatic heterocycles. The summed E-state index contributed by atoms with van der Waals surface area (Å²) in [5.41, 5.74) is 2.09. The molecule has 7 nitrogen and oxygen atoms in total. The van der Waals surface area contributed by atoms with Gasteiger partial charge in [-0.3, -0.25) is 10.1 Å². The number of hydrogen-bond acceptors (Lipinski definition) is 4. The van der Waals surface area contributed by atoms with Crippen LogP contribution in [-0.2, 0) is 13.0 Å². The Morgan fingerprint density at radius 3 is 2.81 bits per heavy atom. The van der Waals surface area contributed by atoms with Crippen molar-refractivity contribution in [3.05, 3.63) is 69.8 Å². The number of nitro groups is 1. The van der Waals surface area contributed by atoms with E-state index in [1.807, 2.05) is 31.2 Å². The van der Waals surface area contributed by atoms with E-state index in [1.54, 1.807) is 12.1 Å². The lowest BCUT2D eigenvalue weighted by Gasteiger charge is -2.15. The van der Waals surface area contributed by atoms with E-state index in [0.29, 0.717) is 19.0 Å². The summed E-state index contributed by atoms with van der Waals surface area (Å²) in [6.45, 7) is 3.72. The Labute approximate surface area is 175 Å². The summed E-state index contributed by atoms with van der Waals surface area (Å²) in [7, 11) is 0. The lowest BCUT2D eigenvalue weighted by Crippen LogP contribution is -2.42. The van der Waals surface area contributed by atoms with Crippen molar-refractivity contribution >= 4 is 35.6 Å². The first-order valence-corrected chi connectivity index (χ1v) is 8.65. The standard InChI is InChI=1S/C19H22N4O3.HI/c1-2-20-19(21-12-14-6-5-8-16(10-14)23(24)25)22-13-17-11-15-7-3-4-9-18(15)26-17;/h3-10,17H,2,11-13H2,1H3,(H2,20,21,22);1H. The van der Waals surface area contributed by atoms with Gasteiger partial charge < -0.3 is 15.4 Å². The van der Waals surface area contributed by atoms with Gasteiger partial charge in [-0.15, -0.1) is 24.0 Å². The number of rotatable bonds is 6. The van der Waals surface area contributed by atoms with Crippen molar-refractivity contribution in [2.24, 2.45) is 4.99 Å². The number of nitro benzene ring substituents is 1. The molecule has 144 valence electrons. The number of halogens is 1. The lowest BCUT2D eigenvalue weighted by atomic mass is 10.1. The predicted molar refractivity (Wildman–Crippen MR) is 116 cm³/mol. The lowest BCUT2D eigenvalue weighted by molar-refractivity contribution is -0.384. The van der Waals surface area contributed by atoms with E-state index in [-0.39, 0.29) is 35.8 Å². The van der Waals surface area contributed by atoms with Crippen molar-refractivity contribution in [1.29, 1.82) is 0 Å². The van der Waals surface area contributed by atoms with Crippen LogP contribution in [0.5, 0.6) is 5.75 Å². The van der Waals surface area contributed by atoms with Crippen LogP contribution >= 0.6 is 24.0 Å². The smallest absolute Gasteiger partial charge is 0.269 e. The molecule has 2 N–H and O–H groups in total. The molecular weight excluding hydrogens is 459 g/mol. The Kier molecular flexibility index (Phi) is 7.83. The molecule has 0 amide bonds. The van der Waals surface area contributed by atoms with Crippen molar-refractivity contribution in [3.8, 4) is 5.75 Å². The molecule has 0 fully saturated rings. The molecule has 1 aliphatic heterocycles. The second kappa shape index (κ2) is 10.1. The third-order valence-electron chi connectivity index (χ3n) is 4.10. The average Bonchev–Trinajstić information content (AvgIpc) is 3.07. The Bertz CT molecular complexity index is 788. The minimum atomic E-state index is -0.397. The van der Waals surface area contributed by atoms with Crippen LogP contribution in [-0.4, -0.2) is 30.1 Å². The van der Waals surface area contributed by atoms with E-state index in [4.69, 9.17) is 4.74 Å². The van der Waals surface area contributed by atoms with Crippen molar-refractivity contribution in [3.63, 3.8) is 0 Å². The van der Waals surface area contributed by atoms with E-state index >= 15 is 0 Å². The van der Waals surface area contributed by atoms with Gasteiger partial charge in [0.05, 0.1) is 18.0 Å². The summed E-state index contributed by atoms with van der Waals surface area (Å²) < 4.78 is 5.92. The van der Waals surface area contributed by atoms with Gasteiger partial charge in [-0.1, -0.05) is 30.3 Å². The molecule has 2 aromatic carbocycles. The number of guanidine groups is 1. The summed E-state index contributed by atoms with van der Waals surface area (Å²) in [4.78, 5) is 15.0. The maximum Gasteiger partial charge on any atom is 0.269 e. The first-order valence-electron chi connectivity index (χ1n) is 8.65. The molecule has 8 heteroatoms. The van der Waals surface area contributed by atoms with Gasteiger partial charge in [-0.25, -0.2) is 4.99 Å². The Hall–Kier alpha value is -2.36. The number of nitrogens with zero attached hydrogens (tertiary/aromatic N) is 2. The summed E-state index contributed by atoms with van der Waals surface area (Å²) in [6.07, 6.45) is 0.932. The number of fused-ring (bicyclic) bond motifs is 1. The summed E-state index contributed by atoms with van der Waals surface area (Å²) in [5.74, 6) is 1.61. The van der Waals surface area contributed by atoms with E-state index in [2.05, 4.69) is 21.7 Å². The second-order valence-corrected chi connectivity index (χ2v) is 6.05. The Morgan fingerprint density at radius 1 is 1.26 bits per heavy atom. The van der Waals surface area contributed by atoms with Crippen LogP contribution in [0.15, 0.2) is 53.5 Å². The van der Waals surface area contributed by atoms with Crippen LogP contribution in [0, 0.1) is 10.1 Å². The number of aliphatic imine (C=N–C) groups is 1. The molecule has 2 aromatic rings. The molecular formula is C19H23IN4O3. The van der Waals surface area contributed by atoms with Gasteiger partial charge in [-0.2, -0.15) is 0 Å². The van der Waals surface area contributed by atoms with Gasteiger partial charge in [-0.05, 0) is 24.1 Å². The van der Waals surface area contributed by atoms with Crippen LogP contribution in [0.2, 0.25) is 0 Å². The van der Waals surface area contributed by atoms with E-state index < -0.39 is 4.92 Å². The fourth-order valence-corrected chi connectivity index (χ4v) is 2.86. The minimum absolute atomic E-state index is 0. The zero-order valence-electron chi connectivity index (χ0n) is 15.1. The van der Waals surface area contributed by atoms with E-state index in [1.165, 1.54) is 11.6 Å². The predicted octanol–water partition coefficient (Wildman–Crippen LogP) is 3.27. The van der Waals surface area contributed by atoms with Gasteiger partial charge in [0.2, 0.25) is 0 Å². The molecule has 1 aliphatic rings. The van der Waals surface area contributed by atoms with Crippen molar-refractivity contribution in [2.45, 2.75) is 26.0 Å². The molecule has 27 heavy (non-hydrogen) atoms. The highest BCUT2D eigenvalue weighted by Gasteiger charge is 2.22. The van der Waals surface area contributed by atoms with Gasteiger partial charge in [0.15, 0.2) is 5.96 Å².